The van der Waals surface area contributed by atoms with E-state index in [4.69, 9.17) is 0 Å². The molecule has 0 heterocycles. The molecule has 0 bridgehead atoms. The predicted octanol–water partition coefficient (Wildman–Crippen LogP) is 4.21. The van der Waals surface area contributed by atoms with E-state index >= 15 is 0 Å². The van der Waals surface area contributed by atoms with Gasteiger partial charge in [0.1, 0.15) is 0 Å². The maximum Gasteiger partial charge on any atom is 0.417 e. The molecule has 1 rings (SSSR count). The molecule has 8 heteroatoms. The summed E-state index contributed by atoms with van der Waals surface area (Å²) in [6.45, 7) is 2.04. The number of rotatable bonds is 2. The minimum absolute atomic E-state index is 0.252. The van der Waals surface area contributed by atoms with Crippen LogP contribution in [0.4, 0.5) is 26.3 Å². The van der Waals surface area contributed by atoms with Gasteiger partial charge in [-0.2, -0.15) is 26.3 Å². The maximum atomic E-state index is 12.8. The molecule has 2 nitrogen and oxygen atoms in total. The molecule has 0 aliphatic heterocycles. The molecule has 0 aliphatic rings. The second-order valence-electron chi connectivity index (χ2n) is 3.95. The molecule has 0 saturated carbocycles. The first-order valence-electron chi connectivity index (χ1n) is 5.44. The number of hydrogen-bond acceptors (Lipinski definition) is 2. The Morgan fingerprint density at radius 3 is 1.75 bits per heavy atom. The quantitative estimate of drug-likeness (QED) is 0.604. The fourth-order valence-corrected chi connectivity index (χ4v) is 1.66. The Morgan fingerprint density at radius 2 is 1.45 bits per heavy atom. The maximum absolute atomic E-state index is 12.8. The highest BCUT2D eigenvalue weighted by atomic mass is 19.4. The third kappa shape index (κ3) is 3.43. The molecule has 112 valence electrons. The third-order valence-corrected chi connectivity index (χ3v) is 2.37. The van der Waals surface area contributed by atoms with Crippen molar-refractivity contribution in [3.63, 3.8) is 0 Å². The molecule has 1 aromatic carbocycles. The van der Waals surface area contributed by atoms with Crippen molar-refractivity contribution in [2.75, 3.05) is 6.61 Å². The van der Waals surface area contributed by atoms with Gasteiger partial charge in [-0.3, -0.25) is 0 Å². The monoisotopic (exact) mass is 300 g/mol. The smallest absolute Gasteiger partial charge is 0.417 e. The number of halogens is 6. The van der Waals surface area contributed by atoms with Crippen molar-refractivity contribution in [3.05, 3.63) is 34.4 Å². The highest BCUT2D eigenvalue weighted by Gasteiger charge is 2.43. The standard InChI is InChI=1S/C12H10F6O2/c1-3-20-10(19)9-7(11(13,14)15)4-6(2)5-8(9)12(16,17)18/h4-5H,3H2,1-2H3. The average Bonchev–Trinajstić information content (AvgIpc) is 2.25. The van der Waals surface area contributed by atoms with E-state index in [1.807, 2.05) is 0 Å². The molecule has 0 atom stereocenters. The zero-order valence-corrected chi connectivity index (χ0v) is 10.4. The molecule has 0 amide bonds. The van der Waals surface area contributed by atoms with Gasteiger partial charge in [0.25, 0.3) is 0 Å². The van der Waals surface area contributed by atoms with Gasteiger partial charge in [0.2, 0.25) is 0 Å². The van der Waals surface area contributed by atoms with Crippen LogP contribution in [0.1, 0.15) is 34.0 Å². The van der Waals surface area contributed by atoms with Crippen LogP contribution in [-0.4, -0.2) is 12.6 Å². The second-order valence-corrected chi connectivity index (χ2v) is 3.95. The van der Waals surface area contributed by atoms with Crippen LogP contribution in [0, 0.1) is 6.92 Å². The summed E-state index contributed by atoms with van der Waals surface area (Å²) in [5.41, 5.74) is -5.05. The topological polar surface area (TPSA) is 26.3 Å². The minimum atomic E-state index is -5.09. The van der Waals surface area contributed by atoms with Crippen molar-refractivity contribution >= 4 is 5.97 Å². The van der Waals surface area contributed by atoms with E-state index < -0.39 is 35.0 Å². The van der Waals surface area contributed by atoms with E-state index in [0.29, 0.717) is 12.1 Å². The first-order valence-corrected chi connectivity index (χ1v) is 5.44. The van der Waals surface area contributed by atoms with Gasteiger partial charge < -0.3 is 4.74 Å². The molecule has 0 radical (unpaired) electrons. The largest absolute Gasteiger partial charge is 0.462 e. The van der Waals surface area contributed by atoms with Crippen molar-refractivity contribution in [3.8, 4) is 0 Å². The van der Waals surface area contributed by atoms with Crippen molar-refractivity contribution in [1.29, 1.82) is 0 Å². The number of benzene rings is 1. The fourth-order valence-electron chi connectivity index (χ4n) is 1.66. The molecule has 0 N–H and O–H groups in total. The summed E-state index contributed by atoms with van der Waals surface area (Å²) in [6.07, 6.45) is -10.2. The van der Waals surface area contributed by atoms with E-state index in [1.54, 1.807) is 0 Å². The second kappa shape index (κ2) is 5.34. The highest BCUT2D eigenvalue weighted by Crippen LogP contribution is 2.40. The summed E-state index contributed by atoms with van der Waals surface area (Å²) < 4.78 is 81.2. The van der Waals surface area contributed by atoms with Gasteiger partial charge in [-0.25, -0.2) is 4.79 Å². The molecule has 0 unspecified atom stereocenters. The van der Waals surface area contributed by atoms with Crippen LogP contribution in [0.15, 0.2) is 12.1 Å². The van der Waals surface area contributed by atoms with Crippen molar-refractivity contribution in [2.24, 2.45) is 0 Å². The zero-order valence-electron chi connectivity index (χ0n) is 10.4. The zero-order chi connectivity index (χ0) is 15.7. The Kier molecular flexibility index (Phi) is 4.36. The van der Waals surface area contributed by atoms with Gasteiger partial charge in [-0.15, -0.1) is 0 Å². The summed E-state index contributed by atoms with van der Waals surface area (Å²) in [5.74, 6) is -1.65. The van der Waals surface area contributed by atoms with Crippen LogP contribution in [-0.2, 0) is 17.1 Å². The molecule has 20 heavy (non-hydrogen) atoms. The van der Waals surface area contributed by atoms with Gasteiger partial charge in [-0.05, 0) is 31.5 Å². The number of carbonyl (C=O) groups is 1. The molecular formula is C12H10F6O2. The Bertz CT molecular complexity index is 481. The van der Waals surface area contributed by atoms with Gasteiger partial charge >= 0.3 is 18.3 Å². The van der Waals surface area contributed by atoms with Crippen LogP contribution in [0.25, 0.3) is 0 Å². The summed E-state index contributed by atoms with van der Waals surface area (Å²) in [6, 6.07) is 0.975. The van der Waals surface area contributed by atoms with Crippen LogP contribution < -0.4 is 0 Å². The van der Waals surface area contributed by atoms with Crippen molar-refractivity contribution in [1.82, 2.24) is 0 Å². The van der Waals surface area contributed by atoms with Gasteiger partial charge in [0.15, 0.2) is 0 Å². The lowest BCUT2D eigenvalue weighted by Crippen LogP contribution is -2.22. The van der Waals surface area contributed by atoms with Gasteiger partial charge in [-0.1, -0.05) is 0 Å². The summed E-state index contributed by atoms with van der Waals surface area (Å²) in [5, 5.41) is 0. The summed E-state index contributed by atoms with van der Waals surface area (Å²) in [4.78, 5) is 11.5. The molecule has 0 saturated heterocycles. The Balaban J connectivity index is 3.68. The lowest BCUT2D eigenvalue weighted by atomic mass is 9.97. The predicted molar refractivity (Wildman–Crippen MR) is 57.1 cm³/mol. The fraction of sp³-hybridized carbons (Fsp3) is 0.417. The average molecular weight is 300 g/mol. The third-order valence-electron chi connectivity index (χ3n) is 2.37. The Labute approximate surface area is 110 Å². The molecule has 0 aliphatic carbocycles. The van der Waals surface area contributed by atoms with E-state index in [9.17, 15) is 31.1 Å². The van der Waals surface area contributed by atoms with E-state index in [0.717, 1.165) is 6.92 Å². The number of ether oxygens (including phenoxy) is 1. The number of hydrogen-bond donors (Lipinski definition) is 0. The lowest BCUT2D eigenvalue weighted by Gasteiger charge is -2.18. The van der Waals surface area contributed by atoms with Gasteiger partial charge in [0, 0.05) is 0 Å². The van der Waals surface area contributed by atoms with Crippen molar-refractivity contribution in [2.45, 2.75) is 26.2 Å². The van der Waals surface area contributed by atoms with Gasteiger partial charge in [0.05, 0.1) is 23.3 Å². The summed E-state index contributed by atoms with van der Waals surface area (Å²) >= 11 is 0. The van der Waals surface area contributed by atoms with Crippen LogP contribution in [0.2, 0.25) is 0 Å². The van der Waals surface area contributed by atoms with E-state index in [1.165, 1.54) is 6.92 Å². The van der Waals surface area contributed by atoms with Crippen LogP contribution in [0.5, 0.6) is 0 Å². The number of esters is 1. The number of aryl methyl sites for hydroxylation is 1. The van der Waals surface area contributed by atoms with Crippen LogP contribution >= 0.6 is 0 Å². The molecule has 1 aromatic rings. The first-order chi connectivity index (χ1) is 8.98. The highest BCUT2D eigenvalue weighted by molar-refractivity contribution is 5.93. The number of carbonyl (C=O) groups excluding carboxylic acids is 1. The minimum Gasteiger partial charge on any atom is -0.462 e. The van der Waals surface area contributed by atoms with Crippen LogP contribution in [0.3, 0.4) is 0 Å². The first kappa shape index (κ1) is 16.3. The lowest BCUT2D eigenvalue weighted by molar-refractivity contribution is -0.144. The van der Waals surface area contributed by atoms with E-state index in [-0.39, 0.29) is 12.2 Å². The molecule has 0 fully saturated rings. The summed E-state index contributed by atoms with van der Waals surface area (Å²) in [7, 11) is 0. The molecular weight excluding hydrogens is 290 g/mol. The normalized spacial score (nSPS) is 12.4. The Hall–Kier alpha value is -1.73. The SMILES string of the molecule is CCOC(=O)c1c(C(F)(F)F)cc(C)cc1C(F)(F)F. The van der Waals surface area contributed by atoms with E-state index in [2.05, 4.69) is 4.74 Å². The van der Waals surface area contributed by atoms with Crippen molar-refractivity contribution < 1.29 is 35.9 Å². The molecule has 0 aromatic heterocycles. The molecule has 0 spiro atoms. The number of alkyl halides is 6. The Morgan fingerprint density at radius 1 is 1.05 bits per heavy atom.